The molecule has 0 saturated heterocycles. The number of hydrogen-bond acceptors (Lipinski definition) is 2. The second kappa shape index (κ2) is 5.84. The van der Waals surface area contributed by atoms with Crippen molar-refractivity contribution in [1.82, 2.24) is 14.8 Å². The number of aromatic nitrogens is 3. The van der Waals surface area contributed by atoms with Crippen LogP contribution < -0.4 is 0 Å². The highest BCUT2D eigenvalue weighted by Gasteiger charge is 2.12. The SMILES string of the molecule is CCc1ccccc1-n1c(-c2ccc(Cl)cc2)n[nH]c1=S. The zero-order valence-electron chi connectivity index (χ0n) is 11.5. The zero-order chi connectivity index (χ0) is 14.8. The van der Waals surface area contributed by atoms with E-state index in [1.54, 1.807) is 0 Å². The second-order valence-corrected chi connectivity index (χ2v) is 5.50. The molecule has 5 heteroatoms. The van der Waals surface area contributed by atoms with Gasteiger partial charge in [0.05, 0.1) is 5.69 Å². The molecule has 0 unspecified atom stereocenters. The number of halogens is 1. The maximum Gasteiger partial charge on any atom is 0.200 e. The molecule has 0 aliphatic carbocycles. The van der Waals surface area contributed by atoms with Crippen molar-refractivity contribution in [1.29, 1.82) is 0 Å². The molecule has 1 heterocycles. The Hall–Kier alpha value is -1.91. The van der Waals surface area contributed by atoms with Crippen LogP contribution in [0.3, 0.4) is 0 Å². The molecular weight excluding hydrogens is 302 g/mol. The third-order valence-electron chi connectivity index (χ3n) is 3.39. The van der Waals surface area contributed by atoms with Crippen LogP contribution in [0.2, 0.25) is 5.02 Å². The van der Waals surface area contributed by atoms with Crippen LogP contribution in [0.1, 0.15) is 12.5 Å². The molecule has 1 aromatic heterocycles. The van der Waals surface area contributed by atoms with Crippen LogP contribution in [-0.4, -0.2) is 14.8 Å². The number of rotatable bonds is 3. The predicted molar refractivity (Wildman–Crippen MR) is 88.6 cm³/mol. The van der Waals surface area contributed by atoms with Gasteiger partial charge in [0.2, 0.25) is 0 Å². The number of benzene rings is 2. The van der Waals surface area contributed by atoms with Gasteiger partial charge in [0.25, 0.3) is 0 Å². The van der Waals surface area contributed by atoms with Crippen molar-refractivity contribution in [3.63, 3.8) is 0 Å². The van der Waals surface area contributed by atoms with Crippen LogP contribution in [0.5, 0.6) is 0 Å². The van der Waals surface area contributed by atoms with E-state index in [2.05, 4.69) is 29.3 Å². The van der Waals surface area contributed by atoms with Gasteiger partial charge in [-0.2, -0.15) is 5.10 Å². The van der Waals surface area contributed by atoms with Crippen LogP contribution in [0.15, 0.2) is 48.5 Å². The fourth-order valence-electron chi connectivity index (χ4n) is 2.34. The molecule has 1 N–H and O–H groups in total. The summed E-state index contributed by atoms with van der Waals surface area (Å²) in [6.07, 6.45) is 0.934. The van der Waals surface area contributed by atoms with Gasteiger partial charge in [-0.05, 0) is 54.5 Å². The molecule has 3 rings (SSSR count). The summed E-state index contributed by atoms with van der Waals surface area (Å²) in [4.78, 5) is 0. The fraction of sp³-hybridized carbons (Fsp3) is 0.125. The largest absolute Gasteiger partial charge is 0.268 e. The highest BCUT2D eigenvalue weighted by Crippen LogP contribution is 2.25. The molecule has 0 bridgehead atoms. The lowest BCUT2D eigenvalue weighted by Gasteiger charge is -2.11. The molecule has 0 radical (unpaired) electrons. The van der Waals surface area contributed by atoms with Crippen LogP contribution in [-0.2, 0) is 6.42 Å². The Kier molecular flexibility index (Phi) is 3.90. The molecule has 0 amide bonds. The fourth-order valence-corrected chi connectivity index (χ4v) is 2.70. The van der Waals surface area contributed by atoms with E-state index in [0.29, 0.717) is 9.79 Å². The molecule has 3 nitrogen and oxygen atoms in total. The first kappa shape index (κ1) is 14.0. The number of nitrogens with one attached hydrogen (secondary N) is 1. The van der Waals surface area contributed by atoms with E-state index in [1.807, 2.05) is 41.0 Å². The Morgan fingerprint density at radius 2 is 1.86 bits per heavy atom. The first-order valence-corrected chi connectivity index (χ1v) is 7.51. The van der Waals surface area contributed by atoms with Gasteiger partial charge >= 0.3 is 0 Å². The molecule has 21 heavy (non-hydrogen) atoms. The number of hydrogen-bond donors (Lipinski definition) is 1. The average molecular weight is 316 g/mol. The van der Waals surface area contributed by atoms with Crippen molar-refractivity contribution in [3.8, 4) is 17.1 Å². The highest BCUT2D eigenvalue weighted by atomic mass is 35.5. The summed E-state index contributed by atoms with van der Waals surface area (Å²) in [6, 6.07) is 15.8. The zero-order valence-corrected chi connectivity index (χ0v) is 13.1. The molecule has 0 aliphatic rings. The number of aromatic amines is 1. The standard InChI is InChI=1S/C16H14ClN3S/c1-2-11-5-3-4-6-14(11)20-15(18-19-16(20)21)12-7-9-13(17)10-8-12/h3-10H,2H2,1H3,(H,19,21). The smallest absolute Gasteiger partial charge is 0.200 e. The minimum Gasteiger partial charge on any atom is -0.268 e. The molecule has 0 spiro atoms. The Bertz CT molecular complexity index is 818. The minimum atomic E-state index is 0.584. The van der Waals surface area contributed by atoms with Crippen molar-refractivity contribution in [2.24, 2.45) is 0 Å². The van der Waals surface area contributed by atoms with Gasteiger partial charge < -0.3 is 0 Å². The minimum absolute atomic E-state index is 0.584. The van der Waals surface area contributed by atoms with Gasteiger partial charge in [0.15, 0.2) is 10.6 Å². The summed E-state index contributed by atoms with van der Waals surface area (Å²) in [5, 5.41) is 7.96. The average Bonchev–Trinajstić information content (AvgIpc) is 2.89. The van der Waals surface area contributed by atoms with E-state index >= 15 is 0 Å². The maximum absolute atomic E-state index is 5.95. The molecule has 3 aromatic rings. The van der Waals surface area contributed by atoms with Crippen molar-refractivity contribution in [3.05, 3.63) is 63.9 Å². The van der Waals surface area contributed by atoms with Gasteiger partial charge in [-0.25, -0.2) is 0 Å². The Balaban J connectivity index is 2.22. The molecule has 106 valence electrons. The summed E-state index contributed by atoms with van der Waals surface area (Å²) in [5.74, 6) is 0.789. The monoisotopic (exact) mass is 315 g/mol. The third-order valence-corrected chi connectivity index (χ3v) is 3.91. The Morgan fingerprint density at radius 1 is 1.14 bits per heavy atom. The Morgan fingerprint density at radius 3 is 2.57 bits per heavy atom. The lowest BCUT2D eigenvalue weighted by molar-refractivity contribution is 0.992. The van der Waals surface area contributed by atoms with Gasteiger partial charge in [-0.3, -0.25) is 9.67 Å². The van der Waals surface area contributed by atoms with Crippen LogP contribution in [0, 0.1) is 4.77 Å². The van der Waals surface area contributed by atoms with E-state index < -0.39 is 0 Å². The van der Waals surface area contributed by atoms with E-state index in [1.165, 1.54) is 5.56 Å². The topological polar surface area (TPSA) is 33.6 Å². The molecular formula is C16H14ClN3S. The first-order chi connectivity index (χ1) is 10.2. The second-order valence-electron chi connectivity index (χ2n) is 4.68. The van der Waals surface area contributed by atoms with Crippen molar-refractivity contribution < 1.29 is 0 Å². The molecule has 0 fully saturated rings. The summed E-state index contributed by atoms with van der Waals surface area (Å²) in [5.41, 5.74) is 3.26. The predicted octanol–water partition coefficient (Wildman–Crippen LogP) is 4.81. The van der Waals surface area contributed by atoms with E-state index in [4.69, 9.17) is 23.8 Å². The molecule has 2 aromatic carbocycles. The lowest BCUT2D eigenvalue weighted by Crippen LogP contribution is -2.01. The number of H-pyrrole nitrogens is 1. The first-order valence-electron chi connectivity index (χ1n) is 6.72. The van der Waals surface area contributed by atoms with Gasteiger partial charge in [-0.15, -0.1) is 0 Å². The quantitative estimate of drug-likeness (QED) is 0.703. The van der Waals surface area contributed by atoms with Crippen molar-refractivity contribution >= 4 is 23.8 Å². The third kappa shape index (κ3) is 2.64. The van der Waals surface area contributed by atoms with Crippen LogP contribution in [0.4, 0.5) is 0 Å². The van der Waals surface area contributed by atoms with Crippen LogP contribution >= 0.6 is 23.8 Å². The highest BCUT2D eigenvalue weighted by molar-refractivity contribution is 7.71. The van der Waals surface area contributed by atoms with Crippen LogP contribution in [0.25, 0.3) is 17.1 Å². The van der Waals surface area contributed by atoms with Gasteiger partial charge in [0, 0.05) is 10.6 Å². The summed E-state index contributed by atoms with van der Waals surface area (Å²) in [6.45, 7) is 2.13. The van der Waals surface area contributed by atoms with E-state index in [9.17, 15) is 0 Å². The van der Waals surface area contributed by atoms with Crippen molar-refractivity contribution in [2.75, 3.05) is 0 Å². The Labute approximate surface area is 133 Å². The lowest BCUT2D eigenvalue weighted by atomic mass is 10.1. The normalized spacial score (nSPS) is 10.8. The van der Waals surface area contributed by atoms with Crippen molar-refractivity contribution in [2.45, 2.75) is 13.3 Å². The van der Waals surface area contributed by atoms with Gasteiger partial charge in [-0.1, -0.05) is 36.7 Å². The molecule has 0 atom stereocenters. The number of aryl methyl sites for hydroxylation is 1. The molecule has 0 aliphatic heterocycles. The van der Waals surface area contributed by atoms with Gasteiger partial charge in [0.1, 0.15) is 0 Å². The molecule has 0 saturated carbocycles. The maximum atomic E-state index is 5.95. The number of nitrogens with zero attached hydrogens (tertiary/aromatic N) is 2. The summed E-state index contributed by atoms with van der Waals surface area (Å²) >= 11 is 11.4. The summed E-state index contributed by atoms with van der Waals surface area (Å²) < 4.78 is 2.55. The van der Waals surface area contributed by atoms with E-state index in [-0.39, 0.29) is 0 Å². The number of para-hydroxylation sites is 1. The van der Waals surface area contributed by atoms with E-state index in [0.717, 1.165) is 23.5 Å². The summed E-state index contributed by atoms with van der Waals surface area (Å²) in [7, 11) is 0.